The molecular weight excluding hydrogens is 749 g/mol. The summed E-state index contributed by atoms with van der Waals surface area (Å²) in [7, 11) is 1.58. The maximum atomic E-state index is 13.9. The molecule has 5 aromatic carbocycles. The number of fused-ring (bicyclic) bond motifs is 1. The van der Waals surface area contributed by atoms with Crippen molar-refractivity contribution in [2.75, 3.05) is 26.0 Å². The minimum atomic E-state index is -0.964. The fourth-order valence-corrected chi connectivity index (χ4v) is 8.79. The number of carbonyl (C=O) groups excluding carboxylic acids is 3. The number of hydrogen-bond acceptors (Lipinski definition) is 8. The standard InChI is InChI=1S/C47H52N4O6S/c1-46(2,3)57-45(54)50-51(29-15-31-58-47(34-16-8-5-9-17-34,35-18-10-6-11-19-35)36-20-12-7-13-21-36)41-28-30-56-42-38(41)22-14-23-39(42)44(53)49-40(43(48)52)32-33-24-26-37(55-4)27-25-33/h5-14,16-27,40-41H,15,28-32H2,1-4H3,(H2,48,52)(H,49,53)(H,50,54)/t40-,41-/m0/s1. The topological polar surface area (TPSA) is 132 Å². The van der Waals surface area contributed by atoms with Crippen LogP contribution < -0.4 is 25.9 Å². The minimum absolute atomic E-state index is 0.204. The van der Waals surface area contributed by atoms with Crippen LogP contribution in [0.25, 0.3) is 0 Å². The summed E-state index contributed by atoms with van der Waals surface area (Å²) in [5.41, 5.74) is 13.4. The van der Waals surface area contributed by atoms with Crippen molar-refractivity contribution in [1.29, 1.82) is 0 Å². The van der Waals surface area contributed by atoms with E-state index in [0.29, 0.717) is 37.5 Å². The van der Waals surface area contributed by atoms with Crippen molar-refractivity contribution in [3.05, 3.63) is 167 Å². The predicted octanol–water partition coefficient (Wildman–Crippen LogP) is 8.20. The van der Waals surface area contributed by atoms with Gasteiger partial charge in [-0.05, 0) is 73.4 Å². The Labute approximate surface area is 345 Å². The molecule has 11 heteroatoms. The normalized spacial score (nSPS) is 14.4. The third-order valence-corrected chi connectivity index (χ3v) is 11.6. The van der Waals surface area contributed by atoms with Crippen molar-refractivity contribution in [2.24, 2.45) is 5.73 Å². The summed E-state index contributed by atoms with van der Waals surface area (Å²) in [5, 5.41) is 4.73. The fraction of sp³-hybridized carbons (Fsp3) is 0.298. The van der Waals surface area contributed by atoms with Crippen LogP contribution in [0.5, 0.6) is 11.5 Å². The number of thioether (sulfide) groups is 1. The van der Waals surface area contributed by atoms with Gasteiger partial charge in [-0.3, -0.25) is 15.0 Å². The van der Waals surface area contributed by atoms with Gasteiger partial charge < -0.3 is 25.3 Å². The van der Waals surface area contributed by atoms with Crippen molar-refractivity contribution >= 4 is 29.7 Å². The van der Waals surface area contributed by atoms with Gasteiger partial charge >= 0.3 is 6.09 Å². The Bertz CT molecular complexity index is 2030. The van der Waals surface area contributed by atoms with Crippen molar-refractivity contribution in [1.82, 2.24) is 15.8 Å². The molecular formula is C47H52N4O6S. The Morgan fingerprint density at radius 3 is 1.95 bits per heavy atom. The number of nitrogens with zero attached hydrogens (tertiary/aromatic N) is 1. The average Bonchev–Trinajstić information content (AvgIpc) is 3.23. The van der Waals surface area contributed by atoms with Crippen molar-refractivity contribution in [3.63, 3.8) is 0 Å². The summed E-state index contributed by atoms with van der Waals surface area (Å²) < 4.78 is 16.7. The van der Waals surface area contributed by atoms with Gasteiger partial charge in [0.05, 0.1) is 30.1 Å². The van der Waals surface area contributed by atoms with Gasteiger partial charge in [0.15, 0.2) is 0 Å². The van der Waals surface area contributed by atoms with Crippen LogP contribution in [0, 0.1) is 0 Å². The average molecular weight is 801 g/mol. The van der Waals surface area contributed by atoms with Gasteiger partial charge in [0.25, 0.3) is 5.91 Å². The summed E-state index contributed by atoms with van der Waals surface area (Å²) in [6.45, 7) is 6.26. The molecule has 4 N–H and O–H groups in total. The predicted molar refractivity (Wildman–Crippen MR) is 229 cm³/mol. The van der Waals surface area contributed by atoms with Crippen LogP contribution in [0.4, 0.5) is 4.79 Å². The molecule has 302 valence electrons. The van der Waals surface area contributed by atoms with E-state index in [1.54, 1.807) is 31.4 Å². The first-order valence-corrected chi connectivity index (χ1v) is 20.5. The molecule has 0 aliphatic carbocycles. The van der Waals surface area contributed by atoms with Crippen LogP contribution in [0.15, 0.2) is 133 Å². The smallest absolute Gasteiger partial charge is 0.422 e. The number of ether oxygens (including phenoxy) is 3. The second kappa shape index (κ2) is 19.1. The van der Waals surface area contributed by atoms with Crippen LogP contribution in [0.1, 0.15) is 77.8 Å². The molecule has 0 radical (unpaired) electrons. The van der Waals surface area contributed by atoms with Crippen LogP contribution in [-0.4, -0.2) is 60.6 Å². The Morgan fingerprint density at radius 2 is 1.41 bits per heavy atom. The molecule has 1 aliphatic heterocycles. The molecule has 6 rings (SSSR count). The first kappa shape index (κ1) is 41.8. The van der Waals surface area contributed by atoms with E-state index in [2.05, 4.69) is 83.5 Å². The Balaban J connectivity index is 1.25. The van der Waals surface area contributed by atoms with E-state index in [-0.39, 0.29) is 18.0 Å². The van der Waals surface area contributed by atoms with Gasteiger partial charge in [0.1, 0.15) is 23.1 Å². The monoisotopic (exact) mass is 800 g/mol. The molecule has 0 fully saturated rings. The number of carbonyl (C=O) groups is 3. The molecule has 0 spiro atoms. The number of methoxy groups -OCH3 is 1. The molecule has 10 nitrogen and oxygen atoms in total. The molecule has 5 aromatic rings. The molecule has 0 unspecified atom stereocenters. The summed E-state index contributed by atoms with van der Waals surface area (Å²) in [6, 6.07) is 43.0. The van der Waals surface area contributed by atoms with Gasteiger partial charge in [-0.25, -0.2) is 9.80 Å². The highest BCUT2D eigenvalue weighted by Crippen LogP contribution is 2.49. The third-order valence-electron chi connectivity index (χ3n) is 9.95. The molecule has 0 aromatic heterocycles. The fourth-order valence-electron chi connectivity index (χ4n) is 7.30. The SMILES string of the molecule is COc1ccc(C[C@H](NC(=O)c2cccc3c2OCC[C@@H]3N(CCCSC(c2ccccc2)(c2ccccc2)c2ccccc2)NC(=O)OC(C)(C)C)C(N)=O)cc1. The number of primary amides is 1. The highest BCUT2D eigenvalue weighted by Gasteiger charge is 2.37. The van der Waals surface area contributed by atoms with Gasteiger partial charge in [0, 0.05) is 24.9 Å². The highest BCUT2D eigenvalue weighted by molar-refractivity contribution is 8.00. The Kier molecular flexibility index (Phi) is 13.8. The lowest BCUT2D eigenvalue weighted by molar-refractivity contribution is -0.119. The van der Waals surface area contributed by atoms with E-state index in [0.717, 1.165) is 16.9 Å². The van der Waals surface area contributed by atoms with E-state index >= 15 is 0 Å². The van der Waals surface area contributed by atoms with E-state index in [4.69, 9.17) is 19.9 Å². The lowest BCUT2D eigenvalue weighted by Gasteiger charge is -2.37. The lowest BCUT2D eigenvalue weighted by Crippen LogP contribution is -2.48. The van der Waals surface area contributed by atoms with Crippen molar-refractivity contribution in [2.45, 2.75) is 62.5 Å². The van der Waals surface area contributed by atoms with Crippen LogP contribution in [0.3, 0.4) is 0 Å². The highest BCUT2D eigenvalue weighted by atomic mass is 32.2. The van der Waals surface area contributed by atoms with E-state index in [1.165, 1.54) is 16.7 Å². The van der Waals surface area contributed by atoms with Gasteiger partial charge in [-0.15, -0.1) is 11.8 Å². The van der Waals surface area contributed by atoms with E-state index in [9.17, 15) is 14.4 Å². The first-order valence-electron chi connectivity index (χ1n) is 19.5. The zero-order chi connectivity index (χ0) is 41.1. The summed E-state index contributed by atoms with van der Waals surface area (Å²) in [6.07, 6.45) is 0.879. The lowest BCUT2D eigenvalue weighted by atomic mass is 9.84. The number of amides is 3. The molecule has 0 bridgehead atoms. The largest absolute Gasteiger partial charge is 0.497 e. The number of nitrogens with one attached hydrogen (secondary N) is 2. The minimum Gasteiger partial charge on any atom is -0.497 e. The number of hydrogen-bond donors (Lipinski definition) is 3. The second-order valence-corrected chi connectivity index (χ2v) is 16.5. The van der Waals surface area contributed by atoms with Crippen LogP contribution in [0.2, 0.25) is 0 Å². The summed E-state index contributed by atoms with van der Waals surface area (Å²) >= 11 is 1.86. The van der Waals surface area contributed by atoms with Crippen molar-refractivity contribution in [3.8, 4) is 11.5 Å². The second-order valence-electron chi connectivity index (χ2n) is 15.1. The Hall–Kier alpha value is -5.78. The number of rotatable bonds is 16. The Morgan fingerprint density at radius 1 is 0.828 bits per heavy atom. The quantitative estimate of drug-likeness (QED) is 0.0517. The summed E-state index contributed by atoms with van der Waals surface area (Å²) in [5.74, 6) is 0.670. The molecule has 2 atom stereocenters. The van der Waals surface area contributed by atoms with E-state index in [1.807, 2.05) is 73.9 Å². The van der Waals surface area contributed by atoms with Crippen molar-refractivity contribution < 1.29 is 28.6 Å². The number of hydrazine groups is 1. The van der Waals surface area contributed by atoms with Crippen LogP contribution in [-0.2, 0) is 20.7 Å². The molecule has 1 heterocycles. The zero-order valence-corrected chi connectivity index (χ0v) is 34.3. The maximum absolute atomic E-state index is 13.9. The maximum Gasteiger partial charge on any atom is 0.422 e. The molecule has 0 saturated carbocycles. The van der Waals surface area contributed by atoms with Crippen LogP contribution >= 0.6 is 11.8 Å². The third kappa shape index (κ3) is 10.2. The summed E-state index contributed by atoms with van der Waals surface area (Å²) in [4.78, 5) is 39.8. The molecule has 58 heavy (non-hydrogen) atoms. The van der Waals surface area contributed by atoms with Gasteiger partial charge in [-0.2, -0.15) is 0 Å². The van der Waals surface area contributed by atoms with Gasteiger partial charge in [0.2, 0.25) is 5.91 Å². The zero-order valence-electron chi connectivity index (χ0n) is 33.5. The number of nitrogens with two attached hydrogens (primary N) is 1. The van der Waals surface area contributed by atoms with E-state index < -0.39 is 34.3 Å². The molecule has 0 saturated heterocycles. The molecule has 1 aliphatic rings. The number of para-hydroxylation sites is 1. The van der Waals surface area contributed by atoms with Gasteiger partial charge in [-0.1, -0.05) is 115 Å². The number of benzene rings is 5. The molecule has 3 amide bonds. The first-order chi connectivity index (χ1) is 28.0.